The van der Waals surface area contributed by atoms with E-state index in [1.54, 1.807) is 0 Å². The van der Waals surface area contributed by atoms with Crippen LogP contribution in [0.1, 0.15) is 107 Å². The second kappa shape index (κ2) is 13.1. The zero-order valence-corrected chi connectivity index (χ0v) is 34.6. The van der Waals surface area contributed by atoms with Crippen molar-refractivity contribution in [2.45, 2.75) is 92.5 Å². The quantitative estimate of drug-likeness (QED) is 0.149. The van der Waals surface area contributed by atoms with E-state index < -0.39 is 21.5 Å². The van der Waals surface area contributed by atoms with Crippen molar-refractivity contribution in [2.75, 3.05) is 0 Å². The molecule has 0 spiro atoms. The van der Waals surface area contributed by atoms with Gasteiger partial charge in [0.1, 0.15) is 0 Å². The van der Waals surface area contributed by atoms with Crippen LogP contribution in [0.25, 0.3) is 34.4 Å². The molecule has 2 atom stereocenters. The minimum absolute atomic E-state index is 0.0881. The molecule has 0 radical (unpaired) electrons. The van der Waals surface area contributed by atoms with E-state index in [9.17, 15) is 0 Å². The van der Waals surface area contributed by atoms with E-state index in [1.165, 1.54) is 61.2 Å². The van der Waals surface area contributed by atoms with Gasteiger partial charge in [0.05, 0.1) is 0 Å². The Morgan fingerprint density at radius 3 is 1.89 bits per heavy atom. The monoisotopic (exact) mass is 755 g/mol. The van der Waals surface area contributed by atoms with Crippen molar-refractivity contribution < 1.29 is 15.6 Å². The first-order valence-electron chi connectivity index (χ1n) is 17.7. The molecule has 0 saturated carbocycles. The third-order valence-corrected chi connectivity index (χ3v) is 63.1. The Kier molecular flexibility index (Phi) is 9.69. The van der Waals surface area contributed by atoms with Gasteiger partial charge in [0.15, 0.2) is 0 Å². The molecule has 0 aliphatic heterocycles. The molecule has 47 heavy (non-hydrogen) atoms. The van der Waals surface area contributed by atoms with Crippen molar-refractivity contribution in [1.29, 1.82) is 0 Å². The molecule has 0 bridgehead atoms. The van der Waals surface area contributed by atoms with Crippen molar-refractivity contribution in [3.63, 3.8) is 0 Å². The molecular formula is C43H51Cl2SiZr. The number of unbranched alkanes of at least 4 members (excludes halogenated alkanes) is 1. The van der Waals surface area contributed by atoms with Crippen LogP contribution in [0.2, 0.25) is 13.1 Å². The van der Waals surface area contributed by atoms with Gasteiger partial charge < -0.3 is 0 Å². The Balaban J connectivity index is 1.48. The van der Waals surface area contributed by atoms with Crippen LogP contribution in [0.15, 0.2) is 96.6 Å². The number of halogens is 2. The van der Waals surface area contributed by atoms with Crippen LogP contribution in [0.5, 0.6) is 0 Å². The second-order valence-corrected chi connectivity index (χ2v) is 58.3. The standard InChI is InChI=1S/C22H25.C19H19.C2H7Si.2ClH.Zr/c1-4-5-7-17-14-20-8-6-9-21(22(20)15-17)19-12-10-18(11-13-19)16(2)3;1-19(2,3)16-12-10-15(11-13-16)18-9-5-7-14-6-4-8-17(14)18;1-3-2;;;/h6,8-16H,4-5,7H2,1-3H3;4-13H,1-3H3;3H,1-2H3;2*1H;/q;;;;;+2/p-2. The number of benzene rings is 4. The molecule has 0 aromatic heterocycles. The molecule has 0 amide bonds. The molecule has 0 N–H and O–H groups in total. The number of rotatable bonds is 9. The van der Waals surface area contributed by atoms with Gasteiger partial charge in [0.2, 0.25) is 0 Å². The molecular weight excluding hydrogens is 707 g/mol. The molecule has 4 heteroatoms. The van der Waals surface area contributed by atoms with Gasteiger partial charge in [-0.2, -0.15) is 0 Å². The van der Waals surface area contributed by atoms with Gasteiger partial charge in [-0.25, -0.2) is 0 Å². The number of hydrogen-bond donors (Lipinski definition) is 0. The maximum atomic E-state index is 8.54. The van der Waals surface area contributed by atoms with Gasteiger partial charge in [-0.3, -0.25) is 0 Å². The van der Waals surface area contributed by atoms with Gasteiger partial charge in [-0.05, 0) is 0 Å². The number of fused-ring (bicyclic) bond motifs is 2. The van der Waals surface area contributed by atoms with E-state index in [1.807, 2.05) is 0 Å². The molecule has 0 nitrogen and oxygen atoms in total. The fourth-order valence-electron chi connectivity index (χ4n) is 8.10. The van der Waals surface area contributed by atoms with Crippen LogP contribution < -0.4 is 0 Å². The Morgan fingerprint density at radius 2 is 1.34 bits per heavy atom. The van der Waals surface area contributed by atoms with Crippen molar-refractivity contribution in [3.8, 4) is 22.3 Å². The van der Waals surface area contributed by atoms with Gasteiger partial charge in [-0.1, -0.05) is 0 Å². The van der Waals surface area contributed by atoms with Crippen LogP contribution >= 0.6 is 17.0 Å². The molecule has 2 aliphatic rings. The van der Waals surface area contributed by atoms with Crippen molar-refractivity contribution in [1.82, 2.24) is 0 Å². The summed E-state index contributed by atoms with van der Waals surface area (Å²) < 4.78 is 0.211. The van der Waals surface area contributed by atoms with Gasteiger partial charge in [0, 0.05) is 0 Å². The van der Waals surface area contributed by atoms with E-state index in [0.29, 0.717) is 5.92 Å². The Morgan fingerprint density at radius 1 is 0.766 bits per heavy atom. The number of hydrogen-bond acceptors (Lipinski definition) is 0. The molecule has 0 heterocycles. The van der Waals surface area contributed by atoms with Gasteiger partial charge >= 0.3 is 295 Å². The van der Waals surface area contributed by atoms with Crippen LogP contribution in [0.4, 0.5) is 0 Å². The molecule has 6 rings (SSSR count). The second-order valence-electron chi connectivity index (χ2n) is 15.7. The summed E-state index contributed by atoms with van der Waals surface area (Å²) >= 11 is -4.72. The Hall–Kier alpha value is -1.96. The molecule has 4 aromatic carbocycles. The summed E-state index contributed by atoms with van der Waals surface area (Å²) in [6.07, 6.45) is 10.6. The summed E-state index contributed by atoms with van der Waals surface area (Å²) in [5.41, 5.74) is 14.8. The van der Waals surface area contributed by atoms with Crippen LogP contribution in [0.3, 0.4) is 0 Å². The summed E-state index contributed by atoms with van der Waals surface area (Å²) in [4.78, 5) is 0. The fraction of sp³-hybridized carbons (Fsp3) is 0.349. The van der Waals surface area contributed by atoms with E-state index >= 15 is 0 Å². The minimum atomic E-state index is -4.72. The molecule has 2 unspecified atom stereocenters. The van der Waals surface area contributed by atoms with Crippen molar-refractivity contribution >= 4 is 35.1 Å². The first-order valence-corrected chi connectivity index (χ1v) is 34.0. The summed E-state index contributed by atoms with van der Waals surface area (Å²) in [5.74, 6) is -1.07. The molecule has 2 aliphatic carbocycles. The molecule has 4 aromatic rings. The fourth-order valence-corrected chi connectivity index (χ4v) is 37.5. The summed E-state index contributed by atoms with van der Waals surface area (Å²) in [7, 11) is 17.1. The number of allylic oxidation sites excluding steroid dienone is 2. The van der Waals surface area contributed by atoms with Gasteiger partial charge in [-0.15, -0.1) is 0 Å². The molecule has 0 fully saturated rings. The zero-order chi connectivity index (χ0) is 33.7. The van der Waals surface area contributed by atoms with E-state index in [0.717, 1.165) is 19.3 Å². The first-order chi connectivity index (χ1) is 22.2. The predicted molar refractivity (Wildman–Crippen MR) is 209 cm³/mol. The first kappa shape index (κ1) is 34.9. The summed E-state index contributed by atoms with van der Waals surface area (Å²) in [6, 6.07) is 32.0. The van der Waals surface area contributed by atoms with Crippen LogP contribution in [-0.2, 0) is 21.0 Å². The summed E-state index contributed by atoms with van der Waals surface area (Å²) in [5, 5.41) is 0. The normalized spacial score (nSPS) is 18.3. The SMILES string of the molecule is CCCCC1=Cc2c(-c3ccc(C(C)C)cc3)cccc2[CH]1[Zr]([Cl])([Cl])([CH]1C=Cc2c(-c3ccc(C(C)(C)C)cc3)cccc21)[SiH](C)C. The van der Waals surface area contributed by atoms with Crippen LogP contribution in [-0.4, -0.2) is 5.92 Å². The molecule has 245 valence electrons. The van der Waals surface area contributed by atoms with Gasteiger partial charge in [0.25, 0.3) is 0 Å². The van der Waals surface area contributed by atoms with Crippen molar-refractivity contribution in [2.24, 2.45) is 0 Å². The van der Waals surface area contributed by atoms with Crippen LogP contribution in [0, 0.1) is 0 Å². The Bertz CT molecular complexity index is 1840. The maximum absolute atomic E-state index is 8.54. The zero-order valence-electron chi connectivity index (χ0n) is 29.5. The third-order valence-electron chi connectivity index (χ3n) is 11.1. The predicted octanol–water partition coefficient (Wildman–Crippen LogP) is 13.8. The van der Waals surface area contributed by atoms with E-state index in [2.05, 4.69) is 158 Å². The van der Waals surface area contributed by atoms with E-state index in [4.69, 9.17) is 17.0 Å². The average molecular weight is 758 g/mol. The topological polar surface area (TPSA) is 0 Å². The van der Waals surface area contributed by atoms with Crippen molar-refractivity contribution in [3.05, 3.63) is 130 Å². The Labute approximate surface area is 293 Å². The third kappa shape index (κ3) is 6.09. The molecule has 0 saturated heterocycles. The van der Waals surface area contributed by atoms with E-state index in [-0.39, 0.29) is 12.7 Å². The average Bonchev–Trinajstić information content (AvgIpc) is 3.66. The summed E-state index contributed by atoms with van der Waals surface area (Å²) in [6.45, 7) is 18.5.